The molecule has 2 rings (SSSR count). The molecule has 0 bridgehead atoms. The van der Waals surface area contributed by atoms with Crippen molar-refractivity contribution in [2.24, 2.45) is 0 Å². The number of amides is 2. The van der Waals surface area contributed by atoms with E-state index in [1.165, 1.54) is 11.8 Å². The summed E-state index contributed by atoms with van der Waals surface area (Å²) in [6.07, 6.45) is 1.40. The minimum absolute atomic E-state index is 0.281. The van der Waals surface area contributed by atoms with Crippen LogP contribution < -0.4 is 5.32 Å². The fourth-order valence-electron chi connectivity index (χ4n) is 2.75. The maximum absolute atomic E-state index is 12.2. The number of carboxylic acid groups (broad SMARTS) is 1. The van der Waals surface area contributed by atoms with Crippen LogP contribution in [0.1, 0.15) is 25.3 Å². The Labute approximate surface area is 129 Å². The van der Waals surface area contributed by atoms with E-state index in [0.29, 0.717) is 25.8 Å². The fourth-order valence-corrected chi connectivity index (χ4v) is 2.75. The molecule has 1 aromatic rings. The van der Waals surface area contributed by atoms with Crippen molar-refractivity contribution in [3.05, 3.63) is 35.9 Å². The summed E-state index contributed by atoms with van der Waals surface area (Å²) < 4.78 is 0. The Kier molecular flexibility index (Phi) is 5.14. The number of carboxylic acids is 1. The molecule has 6 nitrogen and oxygen atoms in total. The SMILES string of the molecule is CC(=O)N[C@@H]1CCN([C@@H](CCc2ccccc2)C(=O)O)C1=O. The van der Waals surface area contributed by atoms with Crippen LogP contribution in [0.5, 0.6) is 0 Å². The second-order valence-corrected chi connectivity index (χ2v) is 5.45. The van der Waals surface area contributed by atoms with Crippen molar-refractivity contribution in [2.75, 3.05) is 6.54 Å². The minimum Gasteiger partial charge on any atom is -0.480 e. The first-order chi connectivity index (χ1) is 10.5. The predicted octanol–water partition coefficient (Wildman–Crippen LogP) is 0.809. The van der Waals surface area contributed by atoms with Crippen LogP contribution in [-0.4, -0.2) is 46.4 Å². The van der Waals surface area contributed by atoms with E-state index in [9.17, 15) is 19.5 Å². The number of hydrogen-bond donors (Lipinski definition) is 2. The molecule has 1 aliphatic rings. The highest BCUT2D eigenvalue weighted by Crippen LogP contribution is 2.19. The molecule has 1 fully saturated rings. The average Bonchev–Trinajstić information content (AvgIpc) is 2.81. The molecular weight excluding hydrogens is 284 g/mol. The Bertz CT molecular complexity index is 559. The van der Waals surface area contributed by atoms with Crippen LogP contribution in [0.25, 0.3) is 0 Å². The van der Waals surface area contributed by atoms with Crippen LogP contribution in [0.15, 0.2) is 30.3 Å². The van der Waals surface area contributed by atoms with Crippen molar-refractivity contribution < 1.29 is 19.5 Å². The van der Waals surface area contributed by atoms with Crippen LogP contribution >= 0.6 is 0 Å². The lowest BCUT2D eigenvalue weighted by molar-refractivity contribution is -0.149. The first-order valence-corrected chi connectivity index (χ1v) is 7.33. The zero-order valence-corrected chi connectivity index (χ0v) is 12.5. The summed E-state index contributed by atoms with van der Waals surface area (Å²) in [6.45, 7) is 1.70. The second kappa shape index (κ2) is 7.06. The Morgan fingerprint density at radius 2 is 2.05 bits per heavy atom. The van der Waals surface area contributed by atoms with Gasteiger partial charge in [-0.1, -0.05) is 30.3 Å². The smallest absolute Gasteiger partial charge is 0.326 e. The van der Waals surface area contributed by atoms with Gasteiger partial charge in [-0.25, -0.2) is 4.79 Å². The largest absolute Gasteiger partial charge is 0.480 e. The zero-order chi connectivity index (χ0) is 16.1. The summed E-state index contributed by atoms with van der Waals surface area (Å²) in [5.41, 5.74) is 1.04. The van der Waals surface area contributed by atoms with E-state index in [4.69, 9.17) is 0 Å². The van der Waals surface area contributed by atoms with Gasteiger partial charge in [-0.15, -0.1) is 0 Å². The van der Waals surface area contributed by atoms with Crippen LogP contribution in [0.2, 0.25) is 0 Å². The molecule has 0 radical (unpaired) electrons. The van der Waals surface area contributed by atoms with Gasteiger partial charge in [0.05, 0.1) is 0 Å². The van der Waals surface area contributed by atoms with E-state index in [-0.39, 0.29) is 11.8 Å². The Morgan fingerprint density at radius 3 is 2.64 bits per heavy atom. The number of carbonyl (C=O) groups excluding carboxylic acids is 2. The molecule has 0 unspecified atom stereocenters. The number of likely N-dealkylation sites (tertiary alicyclic amines) is 1. The molecule has 6 heteroatoms. The normalized spacial score (nSPS) is 19.0. The van der Waals surface area contributed by atoms with Gasteiger partial charge in [0, 0.05) is 13.5 Å². The van der Waals surface area contributed by atoms with Crippen LogP contribution in [0, 0.1) is 0 Å². The molecular formula is C16H20N2O4. The van der Waals surface area contributed by atoms with Crippen molar-refractivity contribution in [2.45, 2.75) is 38.3 Å². The van der Waals surface area contributed by atoms with Crippen molar-refractivity contribution >= 4 is 17.8 Å². The van der Waals surface area contributed by atoms with E-state index < -0.39 is 18.1 Å². The molecule has 1 aromatic carbocycles. The molecule has 0 aromatic heterocycles. The summed E-state index contributed by atoms with van der Waals surface area (Å²) in [5.74, 6) is -1.60. The molecule has 1 saturated heterocycles. The molecule has 22 heavy (non-hydrogen) atoms. The lowest BCUT2D eigenvalue weighted by Gasteiger charge is -2.24. The number of nitrogens with zero attached hydrogens (tertiary/aromatic N) is 1. The maximum atomic E-state index is 12.2. The van der Waals surface area contributed by atoms with Crippen molar-refractivity contribution in [3.8, 4) is 0 Å². The third-order valence-corrected chi connectivity index (χ3v) is 3.83. The highest BCUT2D eigenvalue weighted by Gasteiger charge is 2.38. The quantitative estimate of drug-likeness (QED) is 0.814. The zero-order valence-electron chi connectivity index (χ0n) is 12.5. The number of hydrogen-bond acceptors (Lipinski definition) is 3. The van der Waals surface area contributed by atoms with E-state index >= 15 is 0 Å². The highest BCUT2D eigenvalue weighted by atomic mass is 16.4. The topological polar surface area (TPSA) is 86.7 Å². The van der Waals surface area contributed by atoms with Crippen LogP contribution in [-0.2, 0) is 20.8 Å². The van der Waals surface area contributed by atoms with Crippen LogP contribution in [0.3, 0.4) is 0 Å². The van der Waals surface area contributed by atoms with Gasteiger partial charge < -0.3 is 15.3 Å². The lowest BCUT2D eigenvalue weighted by atomic mass is 10.0. The van der Waals surface area contributed by atoms with Gasteiger partial charge in [-0.2, -0.15) is 0 Å². The molecule has 0 spiro atoms. The van der Waals surface area contributed by atoms with Gasteiger partial charge in [0.15, 0.2) is 0 Å². The summed E-state index contributed by atoms with van der Waals surface area (Å²) in [5, 5.41) is 12.0. The Balaban J connectivity index is 2.01. The molecule has 0 saturated carbocycles. The molecule has 118 valence electrons. The first-order valence-electron chi connectivity index (χ1n) is 7.33. The molecule has 2 N–H and O–H groups in total. The number of aliphatic carboxylic acids is 1. The molecule has 1 heterocycles. The number of carbonyl (C=O) groups is 3. The monoisotopic (exact) mass is 304 g/mol. The molecule has 0 aliphatic carbocycles. The number of benzene rings is 1. The third kappa shape index (κ3) is 3.84. The summed E-state index contributed by atoms with van der Waals surface area (Å²) >= 11 is 0. The molecule has 1 aliphatic heterocycles. The fraction of sp³-hybridized carbons (Fsp3) is 0.438. The van der Waals surface area contributed by atoms with E-state index in [1.54, 1.807) is 0 Å². The maximum Gasteiger partial charge on any atom is 0.326 e. The van der Waals surface area contributed by atoms with Crippen LogP contribution in [0.4, 0.5) is 0 Å². The van der Waals surface area contributed by atoms with Gasteiger partial charge in [0.2, 0.25) is 11.8 Å². The number of nitrogens with one attached hydrogen (secondary N) is 1. The molecule has 2 atom stereocenters. The van der Waals surface area contributed by atoms with Gasteiger partial charge >= 0.3 is 5.97 Å². The number of rotatable bonds is 6. The van der Waals surface area contributed by atoms with Gasteiger partial charge in [0.25, 0.3) is 0 Å². The predicted molar refractivity (Wildman–Crippen MR) is 80.1 cm³/mol. The van der Waals surface area contributed by atoms with Gasteiger partial charge in [0.1, 0.15) is 12.1 Å². The standard InChI is InChI=1S/C16H20N2O4/c1-11(19)17-13-9-10-18(15(13)20)14(16(21)22)8-7-12-5-3-2-4-6-12/h2-6,13-14H,7-10H2,1H3,(H,17,19)(H,21,22)/t13-,14+/m1/s1. The van der Waals surface area contributed by atoms with Gasteiger partial charge in [-0.3, -0.25) is 9.59 Å². The Hall–Kier alpha value is -2.37. The van der Waals surface area contributed by atoms with Crippen molar-refractivity contribution in [3.63, 3.8) is 0 Å². The number of aryl methyl sites for hydroxylation is 1. The van der Waals surface area contributed by atoms with Gasteiger partial charge in [-0.05, 0) is 24.8 Å². The first kappa shape index (κ1) is 16.0. The van der Waals surface area contributed by atoms with Crippen molar-refractivity contribution in [1.29, 1.82) is 0 Å². The summed E-state index contributed by atoms with van der Waals surface area (Å²) in [4.78, 5) is 36.2. The lowest BCUT2D eigenvalue weighted by Crippen LogP contribution is -2.47. The third-order valence-electron chi connectivity index (χ3n) is 3.83. The van der Waals surface area contributed by atoms with E-state index in [1.807, 2.05) is 30.3 Å². The second-order valence-electron chi connectivity index (χ2n) is 5.45. The summed E-state index contributed by atoms with van der Waals surface area (Å²) in [6, 6.07) is 8.12. The Morgan fingerprint density at radius 1 is 1.36 bits per heavy atom. The molecule has 2 amide bonds. The minimum atomic E-state index is -1.01. The highest BCUT2D eigenvalue weighted by molar-refractivity contribution is 5.91. The summed E-state index contributed by atoms with van der Waals surface area (Å²) in [7, 11) is 0. The van der Waals surface area contributed by atoms with E-state index in [0.717, 1.165) is 5.56 Å². The van der Waals surface area contributed by atoms with E-state index in [2.05, 4.69) is 5.32 Å². The average molecular weight is 304 g/mol. The van der Waals surface area contributed by atoms with Crippen molar-refractivity contribution in [1.82, 2.24) is 10.2 Å².